The predicted octanol–water partition coefficient (Wildman–Crippen LogP) is 5.90. The molecule has 0 bridgehead atoms. The van der Waals surface area contributed by atoms with Gasteiger partial charge in [-0.1, -0.05) is 68.8 Å². The minimum atomic E-state index is -1.83. The van der Waals surface area contributed by atoms with Crippen molar-refractivity contribution in [2.24, 2.45) is 0 Å². The Morgan fingerprint density at radius 2 is 1.68 bits per heavy atom. The van der Waals surface area contributed by atoms with Crippen molar-refractivity contribution in [2.45, 2.75) is 45.1 Å². The minimum absolute atomic E-state index is 0.0676. The highest BCUT2D eigenvalue weighted by atomic mass is 16.6. The molecule has 6 heteroatoms. The van der Waals surface area contributed by atoms with Gasteiger partial charge in [0.05, 0.1) is 6.61 Å². The van der Waals surface area contributed by atoms with Gasteiger partial charge in [-0.3, -0.25) is 19.7 Å². The van der Waals surface area contributed by atoms with Gasteiger partial charge in [-0.05, 0) is 59.2 Å². The fourth-order valence-corrected chi connectivity index (χ4v) is 4.63. The molecule has 4 rings (SSSR count). The van der Waals surface area contributed by atoms with Crippen LogP contribution in [0.25, 0.3) is 11.1 Å². The Labute approximate surface area is 198 Å². The first kappa shape index (κ1) is 23.4. The standard InChI is InChI=1S/C28H27NO5/c1-3-8-23-21(11-7-12-22(23)19-9-5-4-6-10-19)18(2)15-16-34-20-13-14-24-25(17-20)28(31)26(27(24)30)29(32)33/h4-7,9-14,17-18,26H,3,8,15-16H2,1-2H3. The number of nitro groups is 1. The first-order valence-corrected chi connectivity index (χ1v) is 11.6. The van der Waals surface area contributed by atoms with E-state index in [0.29, 0.717) is 12.4 Å². The van der Waals surface area contributed by atoms with Crippen molar-refractivity contribution in [1.82, 2.24) is 0 Å². The number of ether oxygens (including phenoxy) is 1. The van der Waals surface area contributed by atoms with Gasteiger partial charge in [-0.2, -0.15) is 0 Å². The monoisotopic (exact) mass is 457 g/mol. The number of nitrogens with zero attached hydrogens (tertiary/aromatic N) is 1. The maximum atomic E-state index is 12.3. The summed E-state index contributed by atoms with van der Waals surface area (Å²) in [5.74, 6) is -0.845. The number of carbonyl (C=O) groups excluding carboxylic acids is 2. The third-order valence-corrected chi connectivity index (χ3v) is 6.38. The summed E-state index contributed by atoms with van der Waals surface area (Å²) in [5.41, 5.74) is 5.29. The second-order valence-electron chi connectivity index (χ2n) is 8.65. The third kappa shape index (κ3) is 4.49. The summed E-state index contributed by atoms with van der Waals surface area (Å²) in [6, 6.07) is 19.5. The number of carbonyl (C=O) groups is 2. The molecule has 34 heavy (non-hydrogen) atoms. The lowest BCUT2D eigenvalue weighted by atomic mass is 9.86. The zero-order chi connectivity index (χ0) is 24.2. The molecule has 0 spiro atoms. The van der Waals surface area contributed by atoms with E-state index in [1.165, 1.54) is 34.4 Å². The Morgan fingerprint density at radius 1 is 0.941 bits per heavy atom. The van der Waals surface area contributed by atoms with Crippen molar-refractivity contribution in [2.75, 3.05) is 6.61 Å². The second-order valence-corrected chi connectivity index (χ2v) is 8.65. The third-order valence-electron chi connectivity index (χ3n) is 6.38. The Morgan fingerprint density at radius 3 is 2.38 bits per heavy atom. The van der Waals surface area contributed by atoms with E-state index in [4.69, 9.17) is 4.74 Å². The molecule has 6 nitrogen and oxygen atoms in total. The first-order chi connectivity index (χ1) is 16.4. The van der Waals surface area contributed by atoms with Crippen LogP contribution in [0.5, 0.6) is 5.75 Å². The summed E-state index contributed by atoms with van der Waals surface area (Å²) in [4.78, 5) is 34.7. The molecule has 174 valence electrons. The van der Waals surface area contributed by atoms with Crippen molar-refractivity contribution < 1.29 is 19.2 Å². The molecule has 0 saturated heterocycles. The first-order valence-electron chi connectivity index (χ1n) is 11.6. The summed E-state index contributed by atoms with van der Waals surface area (Å²) in [7, 11) is 0. The van der Waals surface area contributed by atoms with Crippen LogP contribution in [0.3, 0.4) is 0 Å². The Bertz CT molecular complexity index is 1230. The molecule has 0 N–H and O–H groups in total. The smallest absolute Gasteiger partial charge is 0.336 e. The molecule has 3 aromatic carbocycles. The van der Waals surface area contributed by atoms with E-state index >= 15 is 0 Å². The lowest BCUT2D eigenvalue weighted by molar-refractivity contribution is -0.488. The van der Waals surface area contributed by atoms with E-state index in [1.807, 2.05) is 6.07 Å². The van der Waals surface area contributed by atoms with E-state index in [1.54, 1.807) is 6.07 Å². The van der Waals surface area contributed by atoms with Gasteiger partial charge < -0.3 is 4.74 Å². The topological polar surface area (TPSA) is 86.5 Å². The summed E-state index contributed by atoms with van der Waals surface area (Å²) in [6.07, 6.45) is 2.80. The average Bonchev–Trinajstić information content (AvgIpc) is 3.09. The van der Waals surface area contributed by atoms with Crippen LogP contribution in [0.4, 0.5) is 0 Å². The van der Waals surface area contributed by atoms with Crippen molar-refractivity contribution in [3.8, 4) is 16.9 Å². The molecule has 2 unspecified atom stereocenters. The molecular weight excluding hydrogens is 430 g/mol. The average molecular weight is 458 g/mol. The van der Waals surface area contributed by atoms with Crippen LogP contribution in [-0.2, 0) is 6.42 Å². The number of hydrogen-bond acceptors (Lipinski definition) is 5. The van der Waals surface area contributed by atoms with E-state index in [-0.39, 0.29) is 17.0 Å². The molecule has 3 aromatic rings. The molecule has 0 radical (unpaired) electrons. The van der Waals surface area contributed by atoms with Crippen molar-refractivity contribution in [3.05, 3.63) is 99.1 Å². The lowest BCUT2D eigenvalue weighted by Crippen LogP contribution is -2.31. The molecule has 1 aliphatic rings. The van der Waals surface area contributed by atoms with Gasteiger partial charge >= 0.3 is 6.04 Å². The Hall–Kier alpha value is -3.80. The highest BCUT2D eigenvalue weighted by Gasteiger charge is 2.47. The highest BCUT2D eigenvalue weighted by molar-refractivity contribution is 6.28. The molecule has 0 amide bonds. The van der Waals surface area contributed by atoms with Crippen LogP contribution in [0, 0.1) is 10.1 Å². The van der Waals surface area contributed by atoms with E-state index in [0.717, 1.165) is 19.3 Å². The number of hydrogen-bond donors (Lipinski definition) is 0. The molecule has 0 aromatic heterocycles. The van der Waals surface area contributed by atoms with Gasteiger partial charge in [0.15, 0.2) is 0 Å². The van der Waals surface area contributed by atoms with Gasteiger partial charge in [0.2, 0.25) is 11.6 Å². The van der Waals surface area contributed by atoms with Crippen LogP contribution < -0.4 is 4.74 Å². The zero-order valence-corrected chi connectivity index (χ0v) is 19.3. The molecule has 2 atom stereocenters. The van der Waals surface area contributed by atoms with Gasteiger partial charge in [0.1, 0.15) is 5.75 Å². The van der Waals surface area contributed by atoms with E-state index < -0.39 is 22.5 Å². The highest BCUT2D eigenvalue weighted by Crippen LogP contribution is 2.33. The molecular formula is C28H27NO5. The lowest BCUT2D eigenvalue weighted by Gasteiger charge is -2.20. The minimum Gasteiger partial charge on any atom is -0.494 e. The number of Topliss-reactive ketones (excluding diaryl/α,β-unsaturated/α-hetero) is 2. The number of benzene rings is 3. The molecule has 0 fully saturated rings. The van der Waals surface area contributed by atoms with Crippen LogP contribution >= 0.6 is 0 Å². The van der Waals surface area contributed by atoms with Crippen LogP contribution in [0.15, 0.2) is 66.7 Å². The van der Waals surface area contributed by atoms with Crippen molar-refractivity contribution >= 4 is 11.6 Å². The van der Waals surface area contributed by atoms with E-state index in [2.05, 4.69) is 56.3 Å². The van der Waals surface area contributed by atoms with E-state index in [9.17, 15) is 19.7 Å². The van der Waals surface area contributed by atoms with Crippen LogP contribution in [-0.4, -0.2) is 29.1 Å². The summed E-state index contributed by atoms with van der Waals surface area (Å²) in [6.45, 7) is 4.78. The SMILES string of the molecule is CCCc1c(-c2ccccc2)cccc1C(C)CCOc1ccc2c(c1)C(=O)C([N+](=O)[O-])C2=O. The molecule has 1 aliphatic carbocycles. The second kappa shape index (κ2) is 10.00. The summed E-state index contributed by atoms with van der Waals surface area (Å²) >= 11 is 0. The largest absolute Gasteiger partial charge is 0.494 e. The van der Waals surface area contributed by atoms with Crippen LogP contribution in [0.2, 0.25) is 0 Å². The predicted molar refractivity (Wildman–Crippen MR) is 130 cm³/mol. The van der Waals surface area contributed by atoms with Crippen molar-refractivity contribution in [1.29, 1.82) is 0 Å². The fourth-order valence-electron chi connectivity index (χ4n) is 4.63. The van der Waals surface area contributed by atoms with Crippen molar-refractivity contribution in [3.63, 3.8) is 0 Å². The molecule has 0 heterocycles. The Balaban J connectivity index is 1.48. The summed E-state index contributed by atoms with van der Waals surface area (Å²) < 4.78 is 5.88. The maximum absolute atomic E-state index is 12.3. The summed E-state index contributed by atoms with van der Waals surface area (Å²) in [5, 5.41) is 11.1. The number of fused-ring (bicyclic) bond motifs is 1. The maximum Gasteiger partial charge on any atom is 0.336 e. The molecule has 0 aliphatic heterocycles. The van der Waals surface area contributed by atoms with Gasteiger partial charge in [-0.25, -0.2) is 0 Å². The Kier molecular flexibility index (Phi) is 6.87. The quantitative estimate of drug-likeness (QED) is 0.227. The zero-order valence-electron chi connectivity index (χ0n) is 19.3. The van der Waals surface area contributed by atoms with Gasteiger partial charge in [-0.15, -0.1) is 0 Å². The fraction of sp³-hybridized carbons (Fsp3) is 0.286. The van der Waals surface area contributed by atoms with Gasteiger partial charge in [0.25, 0.3) is 0 Å². The number of ketones is 2. The number of rotatable bonds is 9. The molecule has 0 saturated carbocycles. The van der Waals surface area contributed by atoms with Crippen LogP contribution in [0.1, 0.15) is 64.4 Å². The van der Waals surface area contributed by atoms with Gasteiger partial charge in [0, 0.05) is 16.1 Å². The normalized spacial score (nSPS) is 15.8.